The summed E-state index contributed by atoms with van der Waals surface area (Å²) in [7, 11) is 1.69. The Morgan fingerprint density at radius 3 is 2.65 bits per heavy atom. The molecule has 0 aliphatic carbocycles. The molecule has 0 saturated carbocycles. The van der Waals surface area contributed by atoms with Crippen molar-refractivity contribution in [3.05, 3.63) is 33.1 Å². The highest BCUT2D eigenvalue weighted by Crippen LogP contribution is 2.27. The maximum absolute atomic E-state index is 9.72. The summed E-state index contributed by atoms with van der Waals surface area (Å²) in [6.45, 7) is 0. The highest BCUT2D eigenvalue weighted by atomic mass is 32.1. The van der Waals surface area contributed by atoms with Gasteiger partial charge in [0.05, 0.1) is 6.21 Å². The van der Waals surface area contributed by atoms with E-state index in [4.69, 9.17) is 12.2 Å². The van der Waals surface area contributed by atoms with E-state index in [1.165, 1.54) is 22.1 Å². The molecule has 0 radical (unpaired) electrons. The molecule has 1 aromatic heterocycles. The number of rotatable bonds is 2. The maximum atomic E-state index is 9.72. The lowest BCUT2D eigenvalue weighted by Crippen LogP contribution is -1.85. The van der Waals surface area contributed by atoms with E-state index in [-0.39, 0.29) is 11.6 Å². The lowest BCUT2D eigenvalue weighted by molar-refractivity contribution is 0.430. The van der Waals surface area contributed by atoms with Crippen LogP contribution in [0.25, 0.3) is 0 Å². The van der Waals surface area contributed by atoms with Gasteiger partial charge in [-0.1, -0.05) is 23.5 Å². The van der Waals surface area contributed by atoms with Gasteiger partial charge in [-0.3, -0.25) is 9.56 Å². The van der Waals surface area contributed by atoms with Gasteiger partial charge in [0.2, 0.25) is 5.88 Å². The Bertz CT molecular complexity index is 629. The van der Waals surface area contributed by atoms with Crippen molar-refractivity contribution >= 4 is 35.5 Å². The van der Waals surface area contributed by atoms with Crippen molar-refractivity contribution in [2.45, 2.75) is 0 Å². The molecule has 2 rings (SSSR count). The van der Waals surface area contributed by atoms with Crippen LogP contribution < -0.4 is 0 Å². The van der Waals surface area contributed by atoms with Crippen LogP contribution in [0.15, 0.2) is 29.3 Å². The minimum Gasteiger partial charge on any atom is -0.506 e. The van der Waals surface area contributed by atoms with Crippen molar-refractivity contribution in [2.24, 2.45) is 12.0 Å². The van der Waals surface area contributed by atoms with E-state index in [1.54, 1.807) is 31.3 Å². The van der Waals surface area contributed by atoms with Gasteiger partial charge < -0.3 is 10.2 Å². The summed E-state index contributed by atoms with van der Waals surface area (Å²) >= 11 is 6.29. The largest absolute Gasteiger partial charge is 0.506 e. The van der Waals surface area contributed by atoms with Gasteiger partial charge >= 0.3 is 0 Å². The number of aliphatic imine (C=N–C) groups is 1. The predicted octanol–water partition coefficient (Wildman–Crippen LogP) is 2.98. The zero-order valence-electron chi connectivity index (χ0n) is 8.99. The molecule has 6 heteroatoms. The third-order valence-electron chi connectivity index (χ3n) is 2.21. The van der Waals surface area contributed by atoms with Gasteiger partial charge in [0, 0.05) is 7.05 Å². The zero-order valence-corrected chi connectivity index (χ0v) is 10.6. The molecular weight excluding hydrogens is 256 g/mol. The first-order chi connectivity index (χ1) is 8.09. The van der Waals surface area contributed by atoms with Gasteiger partial charge in [-0.25, -0.2) is 0 Å². The molecule has 1 heterocycles. The number of para-hydroxylation sites is 2. The average molecular weight is 266 g/mol. The van der Waals surface area contributed by atoms with Crippen LogP contribution in [0.5, 0.6) is 11.6 Å². The topological polar surface area (TPSA) is 57.8 Å². The monoisotopic (exact) mass is 266 g/mol. The number of nitrogens with zero attached hydrogens (tertiary/aromatic N) is 2. The quantitative estimate of drug-likeness (QED) is 0.649. The number of phenols is 1. The van der Waals surface area contributed by atoms with Crippen LogP contribution in [0.2, 0.25) is 0 Å². The Morgan fingerprint density at radius 1 is 1.35 bits per heavy atom. The molecule has 0 spiro atoms. The van der Waals surface area contributed by atoms with Crippen LogP contribution in [0.1, 0.15) is 4.88 Å². The minimum atomic E-state index is 0.0826. The summed E-state index contributed by atoms with van der Waals surface area (Å²) in [6, 6.07) is 6.74. The average Bonchev–Trinajstić information content (AvgIpc) is 2.56. The number of phenolic OH excluding ortho intramolecular Hbond substituents is 1. The maximum Gasteiger partial charge on any atom is 0.211 e. The third kappa shape index (κ3) is 2.37. The van der Waals surface area contributed by atoms with Crippen LogP contribution in [0.4, 0.5) is 5.69 Å². The Morgan fingerprint density at radius 2 is 2.06 bits per heavy atom. The molecule has 17 heavy (non-hydrogen) atoms. The second-order valence-corrected chi connectivity index (χ2v) is 5.04. The SMILES string of the molecule is Cn1c(O)c(C=Nc2ccccc2O)sc1=S. The molecule has 0 saturated heterocycles. The van der Waals surface area contributed by atoms with Gasteiger partial charge in [0.1, 0.15) is 16.3 Å². The molecule has 0 unspecified atom stereocenters. The van der Waals surface area contributed by atoms with Crippen molar-refractivity contribution in [1.29, 1.82) is 0 Å². The number of hydrogen-bond acceptors (Lipinski definition) is 5. The molecule has 88 valence electrons. The second kappa shape index (κ2) is 4.68. The number of thiazole rings is 1. The summed E-state index contributed by atoms with van der Waals surface area (Å²) < 4.78 is 2.08. The first-order valence-corrected chi connectivity index (χ1v) is 6.03. The molecule has 2 aromatic rings. The fourth-order valence-corrected chi connectivity index (χ4v) is 2.35. The van der Waals surface area contributed by atoms with Crippen LogP contribution in [-0.4, -0.2) is 21.0 Å². The molecule has 0 bridgehead atoms. The van der Waals surface area contributed by atoms with Crippen molar-refractivity contribution in [2.75, 3.05) is 0 Å². The number of aromatic nitrogens is 1. The van der Waals surface area contributed by atoms with E-state index in [1.807, 2.05) is 0 Å². The van der Waals surface area contributed by atoms with Gasteiger partial charge in [0.25, 0.3) is 0 Å². The first-order valence-electron chi connectivity index (χ1n) is 4.80. The molecule has 1 aromatic carbocycles. The highest BCUT2D eigenvalue weighted by molar-refractivity contribution is 7.73. The summed E-state index contributed by atoms with van der Waals surface area (Å²) in [5.74, 6) is 0.182. The van der Waals surface area contributed by atoms with Crippen molar-refractivity contribution in [1.82, 2.24) is 4.57 Å². The molecule has 0 atom stereocenters. The standard InChI is InChI=1S/C11H10N2O2S2/c1-13-10(15)9(17-11(13)16)6-12-7-4-2-3-5-8(7)14/h2-6,14-15H,1H3. The molecule has 2 N–H and O–H groups in total. The predicted molar refractivity (Wildman–Crippen MR) is 71.1 cm³/mol. The van der Waals surface area contributed by atoms with Gasteiger partial charge in [0.15, 0.2) is 3.95 Å². The summed E-state index contributed by atoms with van der Waals surface area (Å²) in [6.07, 6.45) is 1.49. The Kier molecular flexibility index (Phi) is 3.26. The molecule has 0 fully saturated rings. The van der Waals surface area contributed by atoms with E-state index in [9.17, 15) is 10.2 Å². The van der Waals surface area contributed by atoms with E-state index in [2.05, 4.69) is 4.99 Å². The van der Waals surface area contributed by atoms with E-state index in [0.29, 0.717) is 14.5 Å². The minimum absolute atomic E-state index is 0.0826. The van der Waals surface area contributed by atoms with Gasteiger partial charge in [-0.15, -0.1) is 0 Å². The Balaban J connectivity index is 2.36. The normalized spacial score (nSPS) is 11.1. The smallest absolute Gasteiger partial charge is 0.211 e. The van der Waals surface area contributed by atoms with Gasteiger partial charge in [-0.2, -0.15) is 0 Å². The highest BCUT2D eigenvalue weighted by Gasteiger charge is 2.06. The van der Waals surface area contributed by atoms with Crippen LogP contribution in [-0.2, 0) is 7.05 Å². The van der Waals surface area contributed by atoms with Crippen LogP contribution in [0, 0.1) is 3.95 Å². The second-order valence-electron chi connectivity index (χ2n) is 3.36. The van der Waals surface area contributed by atoms with Crippen molar-refractivity contribution in [3.63, 3.8) is 0 Å². The molecular formula is C11H10N2O2S2. The lowest BCUT2D eigenvalue weighted by atomic mass is 10.3. The lowest BCUT2D eigenvalue weighted by Gasteiger charge is -1.96. The van der Waals surface area contributed by atoms with Crippen LogP contribution >= 0.6 is 23.6 Å². The van der Waals surface area contributed by atoms with E-state index >= 15 is 0 Å². The van der Waals surface area contributed by atoms with Crippen LogP contribution in [0.3, 0.4) is 0 Å². The molecule has 0 aliphatic rings. The number of hydrogen-bond donors (Lipinski definition) is 2. The molecule has 4 nitrogen and oxygen atoms in total. The molecule has 0 aliphatic heterocycles. The zero-order chi connectivity index (χ0) is 12.4. The fraction of sp³-hybridized carbons (Fsp3) is 0.0909. The van der Waals surface area contributed by atoms with Crippen molar-refractivity contribution < 1.29 is 10.2 Å². The summed E-state index contributed by atoms with van der Waals surface area (Å²) in [5.41, 5.74) is 0.453. The Labute approximate surface area is 107 Å². The van der Waals surface area contributed by atoms with Crippen molar-refractivity contribution in [3.8, 4) is 11.6 Å². The first kappa shape index (κ1) is 11.8. The number of aromatic hydroxyl groups is 2. The fourth-order valence-electron chi connectivity index (χ4n) is 1.25. The van der Waals surface area contributed by atoms with Gasteiger partial charge in [-0.05, 0) is 24.4 Å². The summed E-state index contributed by atoms with van der Waals surface area (Å²) in [5, 5.41) is 19.2. The summed E-state index contributed by atoms with van der Waals surface area (Å²) in [4.78, 5) is 4.68. The van der Waals surface area contributed by atoms with E-state index < -0.39 is 0 Å². The Hall–Kier alpha value is -1.66. The molecule has 0 amide bonds. The third-order valence-corrected chi connectivity index (χ3v) is 3.69. The van der Waals surface area contributed by atoms with E-state index in [0.717, 1.165) is 0 Å². The number of benzene rings is 1.